The number of imide groups is 1. The molecule has 1 aliphatic heterocycles. The zero-order chi connectivity index (χ0) is 18.7. The Balaban J connectivity index is 1.76. The number of hydrogen-bond acceptors (Lipinski definition) is 4. The summed E-state index contributed by atoms with van der Waals surface area (Å²) in [5.41, 5.74) is 3.47. The Morgan fingerprint density at radius 1 is 1.12 bits per heavy atom. The molecule has 0 aromatic heterocycles. The summed E-state index contributed by atoms with van der Waals surface area (Å²) >= 11 is 0.945. The lowest BCUT2D eigenvalue weighted by Crippen LogP contribution is -2.27. The Bertz CT molecular complexity index is 904. The highest BCUT2D eigenvalue weighted by molar-refractivity contribution is 8.18. The second-order valence-electron chi connectivity index (χ2n) is 6.00. The summed E-state index contributed by atoms with van der Waals surface area (Å²) < 4.78 is 0. The molecule has 2 aromatic carbocycles. The lowest BCUT2D eigenvalue weighted by Gasteiger charge is -2.14. The van der Waals surface area contributed by atoms with Crippen molar-refractivity contribution in [1.82, 2.24) is 4.90 Å². The molecule has 0 spiro atoms. The van der Waals surface area contributed by atoms with Gasteiger partial charge in [-0.1, -0.05) is 36.4 Å². The molecule has 1 fully saturated rings. The molecule has 1 heterocycles. The van der Waals surface area contributed by atoms with Crippen LogP contribution in [0.1, 0.15) is 23.6 Å². The molecule has 26 heavy (non-hydrogen) atoms. The van der Waals surface area contributed by atoms with Crippen molar-refractivity contribution in [1.29, 1.82) is 0 Å². The fraction of sp³-hybridized carbons (Fsp3) is 0.150. The van der Waals surface area contributed by atoms with E-state index >= 15 is 0 Å². The molecule has 132 valence electrons. The molecule has 6 heteroatoms. The summed E-state index contributed by atoms with van der Waals surface area (Å²) in [4.78, 5) is 37.6. The number of nitrogens with zero attached hydrogens (tertiary/aromatic N) is 1. The predicted molar refractivity (Wildman–Crippen MR) is 103 cm³/mol. The molecule has 1 saturated heterocycles. The van der Waals surface area contributed by atoms with Crippen LogP contribution in [-0.2, 0) is 16.1 Å². The number of hydrogen-bond donors (Lipinski definition) is 1. The summed E-state index contributed by atoms with van der Waals surface area (Å²) in [6, 6.07) is 14.8. The third kappa shape index (κ3) is 4.03. The van der Waals surface area contributed by atoms with E-state index in [2.05, 4.69) is 5.32 Å². The first kappa shape index (κ1) is 17.9. The van der Waals surface area contributed by atoms with Gasteiger partial charge >= 0.3 is 0 Å². The molecule has 5 nitrogen and oxygen atoms in total. The molecule has 0 aliphatic carbocycles. The third-order valence-electron chi connectivity index (χ3n) is 3.99. The second-order valence-corrected chi connectivity index (χ2v) is 6.99. The number of benzene rings is 2. The zero-order valence-electron chi connectivity index (χ0n) is 14.5. The highest BCUT2D eigenvalue weighted by Gasteiger charge is 2.35. The van der Waals surface area contributed by atoms with Gasteiger partial charge in [0.15, 0.2) is 0 Å². The smallest absolute Gasteiger partial charge is 0.293 e. The van der Waals surface area contributed by atoms with E-state index in [9.17, 15) is 14.4 Å². The maximum Gasteiger partial charge on any atom is 0.293 e. The van der Waals surface area contributed by atoms with Crippen LogP contribution < -0.4 is 5.32 Å². The van der Waals surface area contributed by atoms with Crippen LogP contribution >= 0.6 is 11.8 Å². The van der Waals surface area contributed by atoms with E-state index in [1.54, 1.807) is 30.3 Å². The highest BCUT2D eigenvalue weighted by Crippen LogP contribution is 2.33. The van der Waals surface area contributed by atoms with Crippen molar-refractivity contribution < 1.29 is 14.4 Å². The Kier molecular flexibility index (Phi) is 5.23. The summed E-state index contributed by atoms with van der Waals surface area (Å²) in [7, 11) is 0. The van der Waals surface area contributed by atoms with Crippen molar-refractivity contribution >= 4 is 40.6 Å². The van der Waals surface area contributed by atoms with Crippen molar-refractivity contribution in [3.63, 3.8) is 0 Å². The van der Waals surface area contributed by atoms with Crippen LogP contribution in [0.25, 0.3) is 6.08 Å². The van der Waals surface area contributed by atoms with Crippen LogP contribution in [0.2, 0.25) is 0 Å². The van der Waals surface area contributed by atoms with Gasteiger partial charge in [-0.15, -0.1) is 0 Å². The van der Waals surface area contributed by atoms with Gasteiger partial charge in [-0.3, -0.25) is 19.3 Å². The predicted octanol–water partition coefficient (Wildman–Crippen LogP) is 4.19. The minimum Gasteiger partial charge on any atom is -0.326 e. The van der Waals surface area contributed by atoms with E-state index in [4.69, 9.17) is 0 Å². The molecule has 1 N–H and O–H groups in total. The van der Waals surface area contributed by atoms with Gasteiger partial charge in [0.05, 0.1) is 11.4 Å². The van der Waals surface area contributed by atoms with Crippen LogP contribution in [0.15, 0.2) is 53.4 Å². The van der Waals surface area contributed by atoms with Crippen molar-refractivity contribution in [3.8, 4) is 0 Å². The van der Waals surface area contributed by atoms with Crippen LogP contribution in [0.3, 0.4) is 0 Å². The summed E-state index contributed by atoms with van der Waals surface area (Å²) in [6.07, 6.45) is 1.69. The fourth-order valence-electron chi connectivity index (χ4n) is 2.61. The van der Waals surface area contributed by atoms with Crippen molar-refractivity contribution in [3.05, 3.63) is 70.1 Å². The first-order valence-electron chi connectivity index (χ1n) is 8.11. The van der Waals surface area contributed by atoms with Gasteiger partial charge in [0.2, 0.25) is 5.91 Å². The second kappa shape index (κ2) is 7.58. The van der Waals surface area contributed by atoms with Gasteiger partial charge in [0, 0.05) is 12.6 Å². The number of carbonyl (C=O) groups is 3. The van der Waals surface area contributed by atoms with Crippen molar-refractivity contribution in [2.45, 2.75) is 20.4 Å². The van der Waals surface area contributed by atoms with E-state index in [1.165, 1.54) is 11.8 Å². The van der Waals surface area contributed by atoms with E-state index in [0.29, 0.717) is 10.6 Å². The lowest BCUT2D eigenvalue weighted by molar-refractivity contribution is -0.123. The molecular formula is C20H18N2O3S. The molecule has 1 aliphatic rings. The summed E-state index contributed by atoms with van der Waals surface area (Å²) in [6.45, 7) is 3.68. The van der Waals surface area contributed by atoms with Crippen LogP contribution in [0, 0.1) is 6.92 Å². The van der Waals surface area contributed by atoms with E-state index in [-0.39, 0.29) is 23.6 Å². The fourth-order valence-corrected chi connectivity index (χ4v) is 3.45. The molecule has 0 atom stereocenters. The minimum atomic E-state index is -0.283. The Morgan fingerprint density at radius 2 is 1.81 bits per heavy atom. The first-order chi connectivity index (χ1) is 12.4. The minimum absolute atomic E-state index is 0.143. The number of anilines is 1. The monoisotopic (exact) mass is 366 g/mol. The molecule has 0 unspecified atom stereocenters. The van der Waals surface area contributed by atoms with Crippen molar-refractivity contribution in [2.75, 3.05) is 5.32 Å². The van der Waals surface area contributed by atoms with Crippen LogP contribution in [0.4, 0.5) is 10.5 Å². The van der Waals surface area contributed by atoms with Crippen molar-refractivity contribution in [2.24, 2.45) is 0 Å². The Hall–Kier alpha value is -2.86. The summed E-state index contributed by atoms with van der Waals surface area (Å²) in [5.74, 6) is -0.427. The first-order valence-corrected chi connectivity index (χ1v) is 8.93. The molecule has 0 radical (unpaired) electrons. The van der Waals surface area contributed by atoms with Gasteiger partial charge in [-0.05, 0) is 53.6 Å². The molecular weight excluding hydrogens is 348 g/mol. The zero-order valence-corrected chi connectivity index (χ0v) is 15.3. The normalized spacial score (nSPS) is 15.6. The van der Waals surface area contributed by atoms with E-state index in [0.717, 1.165) is 28.5 Å². The molecule has 0 bridgehead atoms. The third-order valence-corrected chi connectivity index (χ3v) is 4.90. The lowest BCUT2D eigenvalue weighted by atomic mass is 10.1. The quantitative estimate of drug-likeness (QED) is 0.824. The van der Waals surface area contributed by atoms with Crippen LogP contribution in [-0.4, -0.2) is 22.0 Å². The van der Waals surface area contributed by atoms with Gasteiger partial charge in [-0.25, -0.2) is 0 Å². The molecule has 2 aromatic rings. The number of rotatable bonds is 4. The Morgan fingerprint density at radius 3 is 2.46 bits per heavy atom. The highest BCUT2D eigenvalue weighted by atomic mass is 32.2. The summed E-state index contributed by atoms with van der Waals surface area (Å²) in [5, 5.41) is 2.42. The Labute approximate surface area is 156 Å². The average Bonchev–Trinajstić information content (AvgIpc) is 2.85. The van der Waals surface area contributed by atoms with E-state index < -0.39 is 0 Å². The SMILES string of the molecule is CC(=O)Nc1ccc(/C=C2\SC(=O)N(Cc3ccccc3C)C2=O)cc1. The van der Waals surface area contributed by atoms with Gasteiger partial charge < -0.3 is 5.32 Å². The van der Waals surface area contributed by atoms with Crippen LogP contribution in [0.5, 0.6) is 0 Å². The maximum atomic E-state index is 12.6. The van der Waals surface area contributed by atoms with Gasteiger partial charge in [0.1, 0.15) is 0 Å². The van der Waals surface area contributed by atoms with E-state index in [1.807, 2.05) is 31.2 Å². The maximum absolute atomic E-state index is 12.6. The number of carbonyl (C=O) groups excluding carboxylic acids is 3. The van der Waals surface area contributed by atoms with Gasteiger partial charge in [0.25, 0.3) is 11.1 Å². The average molecular weight is 366 g/mol. The van der Waals surface area contributed by atoms with Gasteiger partial charge in [-0.2, -0.15) is 0 Å². The largest absolute Gasteiger partial charge is 0.326 e. The topological polar surface area (TPSA) is 66.5 Å². The number of nitrogens with one attached hydrogen (secondary N) is 1. The standard InChI is InChI=1S/C20H18N2O3S/c1-13-5-3-4-6-16(13)12-22-19(24)18(26-20(22)25)11-15-7-9-17(10-8-15)21-14(2)23/h3-11H,12H2,1-2H3,(H,21,23)/b18-11-. The molecule has 3 rings (SSSR count). The molecule has 3 amide bonds. The number of aryl methyl sites for hydroxylation is 1. The molecule has 0 saturated carbocycles. The number of thioether (sulfide) groups is 1. The number of amides is 3.